The van der Waals surface area contributed by atoms with Crippen LogP contribution in [0.15, 0.2) is 42.5 Å². The Kier molecular flexibility index (Phi) is 6.99. The van der Waals surface area contributed by atoms with E-state index in [-0.39, 0.29) is 11.9 Å². The molecular formula is C26H34N4OS. The summed E-state index contributed by atoms with van der Waals surface area (Å²) in [5.74, 6) is 0.959. The van der Waals surface area contributed by atoms with Gasteiger partial charge in [0, 0.05) is 43.1 Å². The van der Waals surface area contributed by atoms with Gasteiger partial charge >= 0.3 is 0 Å². The van der Waals surface area contributed by atoms with E-state index >= 15 is 0 Å². The summed E-state index contributed by atoms with van der Waals surface area (Å²) in [4.78, 5) is 16.5. The van der Waals surface area contributed by atoms with Crippen LogP contribution in [0.4, 0.5) is 17.1 Å². The van der Waals surface area contributed by atoms with Crippen LogP contribution in [0.25, 0.3) is 0 Å². The molecule has 6 heteroatoms. The second kappa shape index (κ2) is 9.90. The highest BCUT2D eigenvalue weighted by Gasteiger charge is 2.23. The third-order valence-corrected chi connectivity index (χ3v) is 6.81. The molecule has 0 saturated carbocycles. The van der Waals surface area contributed by atoms with Gasteiger partial charge in [-0.15, -0.1) is 0 Å². The fraction of sp³-hybridized carbons (Fsp3) is 0.462. The quantitative estimate of drug-likeness (QED) is 0.597. The van der Waals surface area contributed by atoms with E-state index in [1.54, 1.807) is 0 Å². The highest BCUT2D eigenvalue weighted by molar-refractivity contribution is 7.80. The first-order chi connectivity index (χ1) is 15.4. The lowest BCUT2D eigenvalue weighted by molar-refractivity contribution is -0.117. The summed E-state index contributed by atoms with van der Waals surface area (Å²) in [6.45, 7) is 9.57. The van der Waals surface area contributed by atoms with E-state index in [0.717, 1.165) is 48.9 Å². The summed E-state index contributed by atoms with van der Waals surface area (Å²) in [7, 11) is 0. The molecule has 2 fully saturated rings. The van der Waals surface area contributed by atoms with Gasteiger partial charge in [-0.3, -0.25) is 4.79 Å². The topological polar surface area (TPSA) is 47.6 Å². The smallest absolute Gasteiger partial charge is 0.227 e. The highest BCUT2D eigenvalue weighted by atomic mass is 32.1. The van der Waals surface area contributed by atoms with Gasteiger partial charge in [-0.25, -0.2) is 0 Å². The molecule has 0 aliphatic carbocycles. The van der Waals surface area contributed by atoms with Crippen molar-refractivity contribution in [3.8, 4) is 0 Å². The molecule has 0 aromatic heterocycles. The molecule has 170 valence electrons. The number of carbonyl (C=O) groups excluding carboxylic acids is 1. The van der Waals surface area contributed by atoms with E-state index in [0.29, 0.717) is 11.5 Å². The van der Waals surface area contributed by atoms with Crippen LogP contribution in [0.2, 0.25) is 0 Å². The summed E-state index contributed by atoms with van der Waals surface area (Å²) >= 11 is 5.58. The molecule has 0 spiro atoms. The monoisotopic (exact) mass is 450 g/mol. The molecular weight excluding hydrogens is 416 g/mol. The summed E-state index contributed by atoms with van der Waals surface area (Å²) in [6, 6.07) is 15.0. The van der Waals surface area contributed by atoms with E-state index in [9.17, 15) is 4.79 Å². The number of amides is 1. The summed E-state index contributed by atoms with van der Waals surface area (Å²) < 4.78 is 0. The number of thiocarbonyl (C=S) groups is 1. The lowest BCUT2D eigenvalue weighted by Crippen LogP contribution is -2.34. The molecule has 2 atom stereocenters. The van der Waals surface area contributed by atoms with E-state index < -0.39 is 0 Å². The van der Waals surface area contributed by atoms with Crippen LogP contribution in [0, 0.1) is 12.8 Å². The number of benzene rings is 2. The molecule has 2 heterocycles. The third-order valence-electron chi connectivity index (χ3n) is 6.59. The van der Waals surface area contributed by atoms with Gasteiger partial charge in [-0.1, -0.05) is 25.1 Å². The zero-order chi connectivity index (χ0) is 22.7. The van der Waals surface area contributed by atoms with Gasteiger partial charge in [0.25, 0.3) is 0 Å². The van der Waals surface area contributed by atoms with Crippen molar-refractivity contribution in [1.29, 1.82) is 0 Å². The molecule has 2 aliphatic heterocycles. The number of piperidine rings is 1. The number of anilines is 3. The highest BCUT2D eigenvalue weighted by Crippen LogP contribution is 2.28. The zero-order valence-corrected chi connectivity index (χ0v) is 20.2. The van der Waals surface area contributed by atoms with Crippen LogP contribution in [0.5, 0.6) is 0 Å². The van der Waals surface area contributed by atoms with E-state index in [1.807, 2.05) is 30.0 Å². The molecule has 5 nitrogen and oxygen atoms in total. The average Bonchev–Trinajstić information content (AvgIpc) is 3.20. The van der Waals surface area contributed by atoms with Crippen molar-refractivity contribution >= 4 is 40.3 Å². The van der Waals surface area contributed by atoms with E-state index in [2.05, 4.69) is 53.6 Å². The third kappa shape index (κ3) is 5.23. The van der Waals surface area contributed by atoms with E-state index in [4.69, 9.17) is 12.2 Å². The van der Waals surface area contributed by atoms with Gasteiger partial charge in [0.05, 0.1) is 6.04 Å². The maximum absolute atomic E-state index is 12.2. The minimum atomic E-state index is 0.0920. The summed E-state index contributed by atoms with van der Waals surface area (Å²) in [6.07, 6.45) is 4.15. The Bertz CT molecular complexity index is 974. The first-order valence-corrected chi connectivity index (χ1v) is 12.1. The average molecular weight is 451 g/mol. The second-order valence-corrected chi connectivity index (χ2v) is 9.66. The van der Waals surface area contributed by atoms with Crippen LogP contribution in [-0.2, 0) is 4.79 Å². The SMILES string of the molecule is Cc1ccc(NC(=S)N[C@H](C)c2ccc(N3CCC[C@@H](C)C3)cc2)cc1N1CCCC1=O. The predicted molar refractivity (Wildman–Crippen MR) is 138 cm³/mol. The number of aryl methyl sites for hydroxylation is 1. The lowest BCUT2D eigenvalue weighted by atomic mass is 9.99. The molecule has 4 rings (SSSR count). The second-order valence-electron chi connectivity index (χ2n) is 9.26. The van der Waals surface area contributed by atoms with Crippen molar-refractivity contribution in [3.05, 3.63) is 53.6 Å². The van der Waals surface area contributed by atoms with Gasteiger partial charge in [-0.05, 0) is 86.6 Å². The number of rotatable bonds is 5. The molecule has 2 aromatic rings. The Morgan fingerprint density at radius 2 is 1.91 bits per heavy atom. The minimum absolute atomic E-state index is 0.0920. The van der Waals surface area contributed by atoms with Crippen molar-refractivity contribution < 1.29 is 4.79 Å². The molecule has 0 unspecified atom stereocenters. The van der Waals surface area contributed by atoms with Gasteiger partial charge in [-0.2, -0.15) is 0 Å². The fourth-order valence-electron chi connectivity index (χ4n) is 4.73. The molecule has 0 radical (unpaired) electrons. The van der Waals surface area contributed by atoms with Gasteiger partial charge in [0.1, 0.15) is 0 Å². The molecule has 0 bridgehead atoms. The maximum atomic E-state index is 12.2. The Morgan fingerprint density at radius 1 is 1.12 bits per heavy atom. The minimum Gasteiger partial charge on any atom is -0.371 e. The molecule has 1 amide bonds. The number of carbonyl (C=O) groups is 1. The summed E-state index contributed by atoms with van der Waals surface area (Å²) in [5.41, 5.74) is 5.47. The maximum Gasteiger partial charge on any atom is 0.227 e. The van der Waals surface area contributed by atoms with Crippen LogP contribution in [0.3, 0.4) is 0 Å². The van der Waals surface area contributed by atoms with Crippen molar-refractivity contribution in [2.45, 2.75) is 52.5 Å². The van der Waals surface area contributed by atoms with Crippen LogP contribution in [0.1, 0.15) is 56.7 Å². The van der Waals surface area contributed by atoms with Crippen LogP contribution in [-0.4, -0.2) is 30.7 Å². The van der Waals surface area contributed by atoms with Gasteiger partial charge in [0.15, 0.2) is 5.11 Å². The normalized spacial score (nSPS) is 19.7. The van der Waals surface area contributed by atoms with Crippen molar-refractivity contribution in [2.24, 2.45) is 5.92 Å². The predicted octanol–water partition coefficient (Wildman–Crippen LogP) is 5.41. The zero-order valence-electron chi connectivity index (χ0n) is 19.4. The van der Waals surface area contributed by atoms with Crippen LogP contribution < -0.4 is 20.4 Å². The summed E-state index contributed by atoms with van der Waals surface area (Å²) in [5, 5.41) is 7.26. The molecule has 2 aliphatic rings. The first-order valence-electron chi connectivity index (χ1n) is 11.7. The Labute approximate surface area is 197 Å². The lowest BCUT2D eigenvalue weighted by Gasteiger charge is -2.33. The number of nitrogens with zero attached hydrogens (tertiary/aromatic N) is 2. The number of hydrogen-bond donors (Lipinski definition) is 2. The van der Waals surface area contributed by atoms with Crippen molar-refractivity contribution in [2.75, 3.05) is 34.8 Å². The molecule has 32 heavy (non-hydrogen) atoms. The Hall–Kier alpha value is -2.60. The molecule has 2 N–H and O–H groups in total. The van der Waals surface area contributed by atoms with Gasteiger partial charge in [0.2, 0.25) is 5.91 Å². The Balaban J connectivity index is 1.36. The van der Waals surface area contributed by atoms with E-state index in [1.165, 1.54) is 24.1 Å². The largest absolute Gasteiger partial charge is 0.371 e. The van der Waals surface area contributed by atoms with Crippen LogP contribution >= 0.6 is 12.2 Å². The Morgan fingerprint density at radius 3 is 2.59 bits per heavy atom. The van der Waals surface area contributed by atoms with Gasteiger partial charge < -0.3 is 20.4 Å². The molecule has 2 aromatic carbocycles. The molecule has 2 saturated heterocycles. The van der Waals surface area contributed by atoms with Crippen molar-refractivity contribution in [1.82, 2.24) is 5.32 Å². The van der Waals surface area contributed by atoms with Crippen molar-refractivity contribution in [3.63, 3.8) is 0 Å². The number of nitrogens with one attached hydrogen (secondary N) is 2. The number of hydrogen-bond acceptors (Lipinski definition) is 3. The first kappa shape index (κ1) is 22.6. The standard InChI is InChI=1S/C26H34N4OS/c1-18-6-4-14-29(17-18)23-12-9-21(10-13-23)20(3)27-26(32)28-22-11-8-19(2)24(16-22)30-15-5-7-25(30)31/h8-13,16,18,20H,4-7,14-15,17H2,1-3H3,(H2,27,28,32)/t18-,20-/m1/s1. The fourth-order valence-corrected chi connectivity index (χ4v) is 5.02.